The summed E-state index contributed by atoms with van der Waals surface area (Å²) in [5, 5.41) is 13.3. The Morgan fingerprint density at radius 1 is 1.11 bits per heavy atom. The summed E-state index contributed by atoms with van der Waals surface area (Å²) in [5.74, 6) is 3.06. The predicted molar refractivity (Wildman–Crippen MR) is 101 cm³/mol. The zero-order valence-corrected chi connectivity index (χ0v) is 15.3. The van der Waals surface area contributed by atoms with Gasteiger partial charge < -0.3 is 8.94 Å². The summed E-state index contributed by atoms with van der Waals surface area (Å²) in [5.41, 5.74) is 1.14. The fourth-order valence-corrected chi connectivity index (χ4v) is 3.39. The Balaban J connectivity index is 1.45. The average molecular weight is 379 g/mol. The molecular weight excluding hydrogens is 362 g/mol. The Bertz CT molecular complexity index is 1010. The first-order valence-corrected chi connectivity index (χ1v) is 9.38. The second-order valence-electron chi connectivity index (χ2n) is 5.74. The Morgan fingerprint density at radius 3 is 2.78 bits per heavy atom. The zero-order valence-electron chi connectivity index (χ0n) is 14.5. The Morgan fingerprint density at radius 2 is 2.00 bits per heavy atom. The van der Waals surface area contributed by atoms with E-state index >= 15 is 0 Å². The molecule has 136 valence electrons. The van der Waals surface area contributed by atoms with Gasteiger partial charge in [0.25, 0.3) is 0 Å². The summed E-state index contributed by atoms with van der Waals surface area (Å²) in [4.78, 5) is 4.46. The smallest absolute Gasteiger partial charge is 0.237 e. The van der Waals surface area contributed by atoms with Crippen LogP contribution in [0.25, 0.3) is 11.6 Å². The molecule has 0 aliphatic heterocycles. The van der Waals surface area contributed by atoms with Crippen LogP contribution in [-0.4, -0.2) is 24.9 Å². The van der Waals surface area contributed by atoms with Gasteiger partial charge in [-0.15, -0.1) is 16.8 Å². The quantitative estimate of drug-likeness (QED) is 0.338. The SMILES string of the molecule is C=CCn1c(SCc2nc(Cc3ccccc3)no2)nnc1-c1ccco1. The van der Waals surface area contributed by atoms with Crippen molar-refractivity contribution in [3.8, 4) is 11.6 Å². The lowest BCUT2D eigenvalue weighted by molar-refractivity contribution is 0.385. The van der Waals surface area contributed by atoms with E-state index in [0.29, 0.717) is 42.0 Å². The number of aromatic nitrogens is 5. The third kappa shape index (κ3) is 4.01. The number of hydrogen-bond donors (Lipinski definition) is 0. The molecule has 27 heavy (non-hydrogen) atoms. The van der Waals surface area contributed by atoms with E-state index in [2.05, 4.69) is 26.9 Å². The molecule has 4 rings (SSSR count). The summed E-state index contributed by atoms with van der Waals surface area (Å²) >= 11 is 1.48. The van der Waals surface area contributed by atoms with Gasteiger partial charge in [0.2, 0.25) is 11.7 Å². The first kappa shape index (κ1) is 17.3. The number of nitrogens with zero attached hydrogens (tertiary/aromatic N) is 5. The zero-order chi connectivity index (χ0) is 18.5. The van der Waals surface area contributed by atoms with Crippen molar-refractivity contribution < 1.29 is 8.94 Å². The maximum Gasteiger partial charge on any atom is 0.237 e. The van der Waals surface area contributed by atoms with Crippen molar-refractivity contribution in [1.82, 2.24) is 24.9 Å². The molecule has 0 amide bonds. The molecular formula is C19H17N5O2S. The standard InChI is InChI=1S/C19H17N5O2S/c1-2-10-24-18(15-9-6-11-25-15)21-22-19(24)27-13-17-20-16(23-26-17)12-14-7-4-3-5-8-14/h2-9,11H,1,10,12-13H2. The van der Waals surface area contributed by atoms with Crippen LogP contribution >= 0.6 is 11.8 Å². The summed E-state index contributed by atoms with van der Waals surface area (Å²) in [6, 6.07) is 13.7. The molecule has 0 saturated carbocycles. The van der Waals surface area contributed by atoms with Gasteiger partial charge in [0, 0.05) is 13.0 Å². The van der Waals surface area contributed by atoms with Gasteiger partial charge in [0.1, 0.15) is 0 Å². The van der Waals surface area contributed by atoms with Crippen LogP contribution in [0.5, 0.6) is 0 Å². The van der Waals surface area contributed by atoms with Crippen LogP contribution < -0.4 is 0 Å². The molecule has 0 unspecified atom stereocenters. The van der Waals surface area contributed by atoms with E-state index < -0.39 is 0 Å². The minimum atomic E-state index is 0.509. The molecule has 0 spiro atoms. The lowest BCUT2D eigenvalue weighted by atomic mass is 10.1. The fourth-order valence-electron chi connectivity index (χ4n) is 2.60. The fraction of sp³-hybridized carbons (Fsp3) is 0.158. The number of hydrogen-bond acceptors (Lipinski definition) is 7. The van der Waals surface area contributed by atoms with Crippen LogP contribution in [0.15, 0.2) is 75.5 Å². The molecule has 0 bridgehead atoms. The Kier molecular flexibility index (Phi) is 5.15. The number of allylic oxidation sites excluding steroid dienone is 1. The van der Waals surface area contributed by atoms with Gasteiger partial charge in [0.15, 0.2) is 16.7 Å². The van der Waals surface area contributed by atoms with Gasteiger partial charge >= 0.3 is 0 Å². The van der Waals surface area contributed by atoms with Gasteiger partial charge in [0.05, 0.1) is 12.0 Å². The topological polar surface area (TPSA) is 82.8 Å². The normalized spacial score (nSPS) is 11.0. The van der Waals surface area contributed by atoms with E-state index in [0.717, 1.165) is 10.7 Å². The van der Waals surface area contributed by atoms with Crippen LogP contribution in [0, 0.1) is 0 Å². The van der Waals surface area contributed by atoms with Gasteiger partial charge in [-0.1, -0.05) is 53.3 Å². The van der Waals surface area contributed by atoms with Crippen molar-refractivity contribution in [3.63, 3.8) is 0 Å². The second kappa shape index (κ2) is 8.05. The van der Waals surface area contributed by atoms with Crippen LogP contribution in [0.2, 0.25) is 0 Å². The van der Waals surface area contributed by atoms with Gasteiger partial charge in [-0.25, -0.2) is 0 Å². The van der Waals surface area contributed by atoms with Crippen molar-refractivity contribution in [2.45, 2.75) is 23.9 Å². The molecule has 7 nitrogen and oxygen atoms in total. The highest BCUT2D eigenvalue weighted by atomic mass is 32.2. The molecule has 0 fully saturated rings. The van der Waals surface area contributed by atoms with Crippen molar-refractivity contribution in [1.29, 1.82) is 0 Å². The van der Waals surface area contributed by atoms with Crippen LogP contribution in [0.4, 0.5) is 0 Å². The predicted octanol–water partition coefficient (Wildman–Crippen LogP) is 3.99. The van der Waals surface area contributed by atoms with Gasteiger partial charge in [-0.05, 0) is 17.7 Å². The second-order valence-corrected chi connectivity index (χ2v) is 6.68. The molecule has 0 aliphatic rings. The Labute approximate surface area is 160 Å². The van der Waals surface area contributed by atoms with E-state index in [-0.39, 0.29) is 0 Å². The lowest BCUT2D eigenvalue weighted by Crippen LogP contribution is -2.00. The first-order valence-electron chi connectivity index (χ1n) is 8.39. The Hall–Kier alpha value is -3.13. The largest absolute Gasteiger partial charge is 0.461 e. The highest BCUT2D eigenvalue weighted by Gasteiger charge is 2.17. The van der Waals surface area contributed by atoms with Crippen LogP contribution in [0.3, 0.4) is 0 Å². The third-order valence-corrected chi connectivity index (χ3v) is 4.76. The molecule has 0 radical (unpaired) electrons. The third-order valence-electron chi connectivity index (χ3n) is 3.81. The minimum absolute atomic E-state index is 0.509. The monoisotopic (exact) mass is 379 g/mol. The van der Waals surface area contributed by atoms with E-state index in [1.54, 1.807) is 12.3 Å². The van der Waals surface area contributed by atoms with Crippen LogP contribution in [0.1, 0.15) is 17.3 Å². The maximum atomic E-state index is 5.43. The van der Waals surface area contributed by atoms with Crippen LogP contribution in [-0.2, 0) is 18.7 Å². The summed E-state index contributed by atoms with van der Waals surface area (Å²) < 4.78 is 12.7. The molecule has 0 N–H and O–H groups in total. The number of furan rings is 1. The van der Waals surface area contributed by atoms with Crippen molar-refractivity contribution in [2.24, 2.45) is 0 Å². The molecule has 4 aromatic rings. The molecule has 0 atom stereocenters. The summed E-state index contributed by atoms with van der Waals surface area (Å²) in [6.07, 6.45) is 4.05. The van der Waals surface area contributed by atoms with E-state index in [9.17, 15) is 0 Å². The van der Waals surface area contributed by atoms with E-state index in [1.165, 1.54) is 11.8 Å². The highest BCUT2D eigenvalue weighted by molar-refractivity contribution is 7.98. The lowest BCUT2D eigenvalue weighted by Gasteiger charge is -2.04. The maximum absolute atomic E-state index is 5.43. The molecule has 3 aromatic heterocycles. The molecule has 8 heteroatoms. The molecule has 3 heterocycles. The number of thioether (sulfide) groups is 1. The molecule has 0 aliphatic carbocycles. The van der Waals surface area contributed by atoms with Gasteiger partial charge in [-0.2, -0.15) is 4.98 Å². The first-order chi connectivity index (χ1) is 13.3. The van der Waals surface area contributed by atoms with Crippen molar-refractivity contribution in [2.75, 3.05) is 0 Å². The van der Waals surface area contributed by atoms with Gasteiger partial charge in [-0.3, -0.25) is 4.57 Å². The summed E-state index contributed by atoms with van der Waals surface area (Å²) in [6.45, 7) is 4.38. The minimum Gasteiger partial charge on any atom is -0.461 e. The number of rotatable bonds is 8. The van der Waals surface area contributed by atoms with E-state index in [1.807, 2.05) is 47.0 Å². The molecule has 0 saturated heterocycles. The highest BCUT2D eigenvalue weighted by Crippen LogP contribution is 2.26. The molecule has 1 aromatic carbocycles. The number of benzene rings is 1. The summed E-state index contributed by atoms with van der Waals surface area (Å²) in [7, 11) is 0. The van der Waals surface area contributed by atoms with Crippen molar-refractivity contribution >= 4 is 11.8 Å². The van der Waals surface area contributed by atoms with Crippen molar-refractivity contribution in [3.05, 3.63) is 78.7 Å². The van der Waals surface area contributed by atoms with E-state index in [4.69, 9.17) is 8.94 Å². The average Bonchev–Trinajstić information content (AvgIpc) is 3.42.